The van der Waals surface area contributed by atoms with Gasteiger partial charge in [-0.2, -0.15) is 0 Å². The number of aryl methyl sites for hydroxylation is 1. The molecule has 2 rings (SSSR count). The molecule has 2 nitrogen and oxygen atoms in total. The fraction of sp³-hybridized carbons (Fsp3) is 0.235. The normalized spacial score (nSPS) is 10.4. The van der Waals surface area contributed by atoms with Crippen molar-refractivity contribution in [3.63, 3.8) is 0 Å². The first-order chi connectivity index (χ1) is 9.54. The third-order valence-electron chi connectivity index (χ3n) is 3.12. The maximum Gasteiger partial charge on any atom is 0.175 e. The molecule has 2 aromatic carbocycles. The van der Waals surface area contributed by atoms with Gasteiger partial charge in [-0.15, -0.1) is 0 Å². The van der Waals surface area contributed by atoms with Gasteiger partial charge >= 0.3 is 0 Å². The van der Waals surface area contributed by atoms with E-state index in [1.54, 1.807) is 0 Å². The quantitative estimate of drug-likeness (QED) is 0.782. The summed E-state index contributed by atoms with van der Waals surface area (Å²) in [6.07, 6.45) is 0. The molecule has 3 heteroatoms. The van der Waals surface area contributed by atoms with Crippen LogP contribution in [0, 0.1) is 6.92 Å². The second-order valence-corrected chi connectivity index (χ2v) is 5.63. The Kier molecular flexibility index (Phi) is 4.74. The average Bonchev–Trinajstić information content (AvgIpc) is 2.41. The van der Waals surface area contributed by atoms with Crippen LogP contribution in [-0.2, 0) is 0 Å². The first-order valence-electron chi connectivity index (χ1n) is 6.79. The minimum absolute atomic E-state index is 0.510. The molecule has 0 saturated heterocycles. The summed E-state index contributed by atoms with van der Waals surface area (Å²) < 4.78 is 0. The van der Waals surface area contributed by atoms with Crippen LogP contribution in [0.4, 0.5) is 11.4 Å². The second-order valence-electron chi connectivity index (χ2n) is 5.23. The molecule has 0 aliphatic rings. The third kappa shape index (κ3) is 4.07. The van der Waals surface area contributed by atoms with Crippen LogP contribution in [0.3, 0.4) is 0 Å². The molecule has 2 aromatic rings. The van der Waals surface area contributed by atoms with Crippen LogP contribution in [0.1, 0.15) is 30.9 Å². The zero-order chi connectivity index (χ0) is 14.5. The molecule has 104 valence electrons. The van der Waals surface area contributed by atoms with E-state index >= 15 is 0 Å². The molecular formula is C17H20N2S. The van der Waals surface area contributed by atoms with Gasteiger partial charge in [-0.25, -0.2) is 0 Å². The van der Waals surface area contributed by atoms with E-state index in [0.29, 0.717) is 11.0 Å². The number of hydrogen-bond donors (Lipinski definition) is 2. The van der Waals surface area contributed by atoms with Crippen molar-refractivity contribution in [1.82, 2.24) is 0 Å². The van der Waals surface area contributed by atoms with E-state index in [-0.39, 0.29) is 0 Å². The van der Waals surface area contributed by atoms with Crippen LogP contribution >= 0.6 is 12.2 Å². The Balaban J connectivity index is 2.01. The van der Waals surface area contributed by atoms with E-state index in [9.17, 15) is 0 Å². The average molecular weight is 284 g/mol. The van der Waals surface area contributed by atoms with Gasteiger partial charge in [0.15, 0.2) is 5.11 Å². The monoisotopic (exact) mass is 284 g/mol. The van der Waals surface area contributed by atoms with Crippen LogP contribution in [-0.4, -0.2) is 5.11 Å². The van der Waals surface area contributed by atoms with E-state index in [0.717, 1.165) is 11.4 Å². The zero-order valence-electron chi connectivity index (χ0n) is 12.1. The van der Waals surface area contributed by atoms with Gasteiger partial charge in [0, 0.05) is 11.4 Å². The predicted molar refractivity (Wildman–Crippen MR) is 91.6 cm³/mol. The van der Waals surface area contributed by atoms with Crippen molar-refractivity contribution in [2.24, 2.45) is 0 Å². The molecule has 0 atom stereocenters. The number of anilines is 2. The first-order valence-corrected chi connectivity index (χ1v) is 7.20. The van der Waals surface area contributed by atoms with Crippen molar-refractivity contribution < 1.29 is 0 Å². The summed E-state index contributed by atoms with van der Waals surface area (Å²) in [5.74, 6) is 0.510. The largest absolute Gasteiger partial charge is 0.332 e. The van der Waals surface area contributed by atoms with E-state index in [1.807, 2.05) is 24.3 Å². The molecule has 0 amide bonds. The molecule has 0 heterocycles. The summed E-state index contributed by atoms with van der Waals surface area (Å²) in [6, 6.07) is 16.5. The predicted octanol–water partition coefficient (Wildman–Crippen LogP) is 4.93. The highest BCUT2D eigenvalue weighted by Crippen LogP contribution is 2.18. The highest BCUT2D eigenvalue weighted by atomic mass is 32.1. The summed E-state index contributed by atoms with van der Waals surface area (Å²) in [6.45, 7) is 6.43. The van der Waals surface area contributed by atoms with E-state index < -0.39 is 0 Å². The summed E-state index contributed by atoms with van der Waals surface area (Å²) in [5, 5.41) is 7.01. The van der Waals surface area contributed by atoms with Crippen LogP contribution < -0.4 is 10.6 Å². The van der Waals surface area contributed by atoms with Gasteiger partial charge < -0.3 is 10.6 Å². The minimum Gasteiger partial charge on any atom is -0.332 e. The Morgan fingerprint density at radius 2 is 1.60 bits per heavy atom. The van der Waals surface area contributed by atoms with Gasteiger partial charge in [0.05, 0.1) is 0 Å². The number of nitrogens with one attached hydrogen (secondary N) is 2. The van der Waals surface area contributed by atoms with Gasteiger partial charge in [-0.3, -0.25) is 0 Å². The SMILES string of the molecule is Cc1ccc(NC(=S)Nc2cccc(C(C)C)c2)cc1. The summed E-state index contributed by atoms with van der Waals surface area (Å²) in [7, 11) is 0. The fourth-order valence-corrected chi connectivity index (χ4v) is 2.14. The summed E-state index contributed by atoms with van der Waals surface area (Å²) in [4.78, 5) is 0. The molecule has 0 aliphatic heterocycles. The van der Waals surface area contributed by atoms with Crippen molar-refractivity contribution in [3.8, 4) is 0 Å². The van der Waals surface area contributed by atoms with Crippen molar-refractivity contribution in [1.29, 1.82) is 0 Å². The van der Waals surface area contributed by atoms with Crippen LogP contribution in [0.15, 0.2) is 48.5 Å². The third-order valence-corrected chi connectivity index (χ3v) is 3.32. The van der Waals surface area contributed by atoms with Crippen molar-refractivity contribution in [3.05, 3.63) is 59.7 Å². The van der Waals surface area contributed by atoms with E-state index in [1.165, 1.54) is 11.1 Å². The molecular weight excluding hydrogens is 264 g/mol. The van der Waals surface area contributed by atoms with Crippen LogP contribution in [0.25, 0.3) is 0 Å². The Labute approximate surface area is 126 Å². The van der Waals surface area contributed by atoms with Crippen molar-refractivity contribution >= 4 is 28.7 Å². The van der Waals surface area contributed by atoms with Crippen molar-refractivity contribution in [2.45, 2.75) is 26.7 Å². The molecule has 0 unspecified atom stereocenters. The highest BCUT2D eigenvalue weighted by molar-refractivity contribution is 7.80. The standard InChI is InChI=1S/C17H20N2S/c1-12(2)14-5-4-6-16(11-14)19-17(20)18-15-9-7-13(3)8-10-15/h4-12H,1-3H3,(H2,18,19,20). The maximum absolute atomic E-state index is 5.34. The van der Waals surface area contributed by atoms with Gasteiger partial charge in [0.1, 0.15) is 0 Å². The van der Waals surface area contributed by atoms with Gasteiger partial charge in [0.25, 0.3) is 0 Å². The van der Waals surface area contributed by atoms with Gasteiger partial charge in [0.2, 0.25) is 0 Å². The van der Waals surface area contributed by atoms with E-state index in [2.05, 4.69) is 55.7 Å². The van der Waals surface area contributed by atoms with Gasteiger partial charge in [-0.1, -0.05) is 43.7 Å². The van der Waals surface area contributed by atoms with Crippen LogP contribution in [0.2, 0.25) is 0 Å². The molecule has 0 bridgehead atoms. The smallest absolute Gasteiger partial charge is 0.175 e. The van der Waals surface area contributed by atoms with Crippen LogP contribution in [0.5, 0.6) is 0 Å². The zero-order valence-corrected chi connectivity index (χ0v) is 12.9. The molecule has 0 fully saturated rings. The molecule has 2 N–H and O–H groups in total. The topological polar surface area (TPSA) is 24.1 Å². The number of benzene rings is 2. The lowest BCUT2D eigenvalue weighted by Crippen LogP contribution is -2.19. The lowest BCUT2D eigenvalue weighted by molar-refractivity contribution is 0.867. The summed E-state index contributed by atoms with van der Waals surface area (Å²) in [5.41, 5.74) is 4.54. The molecule has 0 spiro atoms. The number of thiocarbonyl (C=S) groups is 1. The first kappa shape index (κ1) is 14.5. The molecule has 0 radical (unpaired) electrons. The maximum atomic E-state index is 5.34. The second kappa shape index (κ2) is 6.53. The summed E-state index contributed by atoms with van der Waals surface area (Å²) >= 11 is 5.34. The number of hydrogen-bond acceptors (Lipinski definition) is 1. The highest BCUT2D eigenvalue weighted by Gasteiger charge is 2.02. The van der Waals surface area contributed by atoms with E-state index in [4.69, 9.17) is 12.2 Å². The number of rotatable bonds is 3. The Bertz CT molecular complexity index is 588. The fourth-order valence-electron chi connectivity index (χ4n) is 1.91. The molecule has 20 heavy (non-hydrogen) atoms. The Hall–Kier alpha value is -1.87. The minimum atomic E-state index is 0.510. The Morgan fingerprint density at radius 3 is 2.25 bits per heavy atom. The lowest BCUT2D eigenvalue weighted by atomic mass is 10.0. The lowest BCUT2D eigenvalue weighted by Gasteiger charge is -2.12. The molecule has 0 saturated carbocycles. The molecule has 0 aliphatic carbocycles. The molecule has 0 aromatic heterocycles. The Morgan fingerprint density at radius 1 is 0.950 bits per heavy atom. The van der Waals surface area contributed by atoms with Crippen molar-refractivity contribution in [2.75, 3.05) is 10.6 Å². The van der Waals surface area contributed by atoms with Gasteiger partial charge in [-0.05, 0) is 54.9 Å².